The van der Waals surface area contributed by atoms with E-state index in [4.69, 9.17) is 17.0 Å². The predicted molar refractivity (Wildman–Crippen MR) is 162 cm³/mol. The number of hydrogen-bond donors (Lipinski definition) is 2. The van der Waals surface area contributed by atoms with Gasteiger partial charge in [0, 0.05) is 27.5 Å². The van der Waals surface area contributed by atoms with Crippen LogP contribution < -0.4 is 10.9 Å². The highest BCUT2D eigenvalue weighted by Crippen LogP contribution is 2.30. The number of nitrogens with one attached hydrogen (secondary N) is 2. The summed E-state index contributed by atoms with van der Waals surface area (Å²) in [6.45, 7) is 0.481. The Hall–Kier alpha value is -5.38. The fourth-order valence-electron chi connectivity index (χ4n) is 5.01. The maximum absolute atomic E-state index is 13.0. The van der Waals surface area contributed by atoms with E-state index in [0.29, 0.717) is 34.0 Å². The molecule has 2 N–H and O–H groups in total. The van der Waals surface area contributed by atoms with Gasteiger partial charge in [-0.3, -0.25) is 14.8 Å². The fraction of sp³-hybridized carbons (Fsp3) is 0.0294. The third kappa shape index (κ3) is 5.03. The van der Waals surface area contributed by atoms with E-state index in [0.717, 1.165) is 33.4 Å². The molecule has 7 heteroatoms. The van der Waals surface area contributed by atoms with Gasteiger partial charge in [-0.05, 0) is 65.7 Å². The van der Waals surface area contributed by atoms with Crippen LogP contribution in [0.15, 0.2) is 121 Å². The number of amides is 1. The molecule has 1 amide bonds. The van der Waals surface area contributed by atoms with Crippen molar-refractivity contribution in [2.75, 3.05) is 5.32 Å². The molecule has 0 bridgehead atoms. The number of benzene rings is 5. The monoisotopic (exact) mass is 553 g/mol. The molecule has 6 rings (SSSR count). The lowest BCUT2D eigenvalue weighted by molar-refractivity contribution is 0.102. The van der Waals surface area contributed by atoms with Crippen LogP contribution >= 0.6 is 11.6 Å². The highest BCUT2D eigenvalue weighted by molar-refractivity contribution is 6.31. The van der Waals surface area contributed by atoms with Crippen molar-refractivity contribution in [3.8, 4) is 22.9 Å². The number of rotatable bonds is 6. The van der Waals surface area contributed by atoms with Crippen molar-refractivity contribution < 1.29 is 4.79 Å². The molecule has 0 fully saturated rings. The van der Waals surface area contributed by atoms with E-state index < -0.39 is 0 Å². The van der Waals surface area contributed by atoms with Crippen LogP contribution in [0, 0.1) is 16.7 Å². The lowest BCUT2D eigenvalue weighted by atomic mass is 10.0. The Kier molecular flexibility index (Phi) is 6.95. The zero-order valence-corrected chi connectivity index (χ0v) is 22.6. The summed E-state index contributed by atoms with van der Waals surface area (Å²) in [5.41, 5.74) is 7.29. The highest BCUT2D eigenvalue weighted by atomic mass is 35.5. The minimum atomic E-state index is -0.285. The molecule has 1 heterocycles. The molecule has 41 heavy (non-hydrogen) atoms. The number of nitrogens with zero attached hydrogens (tertiary/aromatic N) is 3. The second kappa shape index (κ2) is 11.0. The van der Waals surface area contributed by atoms with Crippen molar-refractivity contribution in [1.82, 2.24) is 9.13 Å². The number of aromatic nitrogens is 2. The minimum absolute atomic E-state index is 0.285. The second-order valence-corrected chi connectivity index (χ2v) is 9.97. The molecule has 0 atom stereocenters. The van der Waals surface area contributed by atoms with Crippen molar-refractivity contribution in [2.45, 2.75) is 6.54 Å². The summed E-state index contributed by atoms with van der Waals surface area (Å²) < 4.78 is 3.88. The molecule has 0 radical (unpaired) electrons. The molecule has 0 saturated heterocycles. The maximum atomic E-state index is 13.0. The summed E-state index contributed by atoms with van der Waals surface area (Å²) in [4.78, 5) is 13.0. The number of imidazole rings is 1. The number of halogens is 1. The fourth-order valence-corrected chi connectivity index (χ4v) is 5.20. The average Bonchev–Trinajstić information content (AvgIpc) is 3.29. The van der Waals surface area contributed by atoms with Crippen molar-refractivity contribution >= 4 is 34.2 Å². The van der Waals surface area contributed by atoms with Crippen LogP contribution in [0.3, 0.4) is 0 Å². The number of fused-ring (bicyclic) bond motifs is 1. The lowest BCUT2D eigenvalue weighted by Crippen LogP contribution is -2.24. The molecule has 0 spiro atoms. The quantitative estimate of drug-likeness (QED) is 0.225. The number of anilines is 1. The van der Waals surface area contributed by atoms with E-state index in [9.17, 15) is 10.1 Å². The van der Waals surface area contributed by atoms with E-state index in [-0.39, 0.29) is 5.91 Å². The first-order chi connectivity index (χ1) is 20.0. The summed E-state index contributed by atoms with van der Waals surface area (Å²) in [6.07, 6.45) is 0. The largest absolute Gasteiger partial charge is 0.321 e. The Morgan fingerprint density at radius 2 is 1.54 bits per heavy atom. The number of carbonyl (C=O) groups is 1. The number of carbonyl (C=O) groups excluding carboxylic acids is 1. The molecule has 0 aliphatic rings. The first-order valence-corrected chi connectivity index (χ1v) is 13.4. The van der Waals surface area contributed by atoms with Crippen LogP contribution in [0.4, 0.5) is 5.69 Å². The molecule has 1 aromatic heterocycles. The van der Waals surface area contributed by atoms with E-state index in [1.54, 1.807) is 24.3 Å². The van der Waals surface area contributed by atoms with Crippen LogP contribution in [-0.2, 0) is 6.54 Å². The van der Waals surface area contributed by atoms with Crippen molar-refractivity contribution in [2.24, 2.45) is 0 Å². The van der Waals surface area contributed by atoms with Gasteiger partial charge in [0.05, 0.1) is 29.2 Å². The van der Waals surface area contributed by atoms with Gasteiger partial charge in [0.1, 0.15) is 0 Å². The summed E-state index contributed by atoms with van der Waals surface area (Å²) in [5.74, 6) is -0.285. The summed E-state index contributed by atoms with van der Waals surface area (Å²) in [5, 5.41) is 21.9. The number of nitriles is 1. The lowest BCUT2D eigenvalue weighted by Gasteiger charge is -2.13. The molecule has 6 nitrogen and oxygen atoms in total. The highest BCUT2D eigenvalue weighted by Gasteiger charge is 2.15. The van der Waals surface area contributed by atoms with Crippen LogP contribution in [0.2, 0.25) is 5.02 Å². The smallest absolute Gasteiger partial charge is 0.255 e. The standard InChI is InChI=1S/C34H24ClN5O/c35-29-12-3-1-9-26(29)22-39-31-14-5-6-15-32(31)40(34(39)37)27-18-16-24(17-19-27)28-11-2-4-13-30(28)38-33(41)25-10-7-8-23(20-25)21-36/h1-20,37H,22H2,(H,38,41). The van der Waals surface area contributed by atoms with Crippen molar-refractivity contribution in [3.63, 3.8) is 0 Å². The van der Waals surface area contributed by atoms with Gasteiger partial charge in [-0.25, -0.2) is 0 Å². The molecule has 0 aliphatic carbocycles. The molecule has 198 valence electrons. The van der Waals surface area contributed by atoms with Gasteiger partial charge < -0.3 is 9.88 Å². The first kappa shape index (κ1) is 25.9. The van der Waals surface area contributed by atoms with Gasteiger partial charge in [-0.1, -0.05) is 78.3 Å². The van der Waals surface area contributed by atoms with E-state index in [2.05, 4.69) is 11.4 Å². The SMILES string of the molecule is N#Cc1cccc(C(=O)Nc2ccccc2-c2ccc(-n3c(=N)n(Cc4ccccc4Cl)c4ccccc43)cc2)c1. The molecule has 0 unspecified atom stereocenters. The van der Waals surface area contributed by atoms with Crippen molar-refractivity contribution in [1.29, 1.82) is 10.7 Å². The summed E-state index contributed by atoms with van der Waals surface area (Å²) in [6, 6.07) is 39.9. The molecule has 0 saturated carbocycles. The Morgan fingerprint density at radius 1 is 0.829 bits per heavy atom. The van der Waals surface area contributed by atoms with Gasteiger partial charge in [0.25, 0.3) is 5.91 Å². The summed E-state index contributed by atoms with van der Waals surface area (Å²) in [7, 11) is 0. The zero-order valence-electron chi connectivity index (χ0n) is 21.9. The minimum Gasteiger partial charge on any atom is -0.321 e. The van der Waals surface area contributed by atoms with Crippen LogP contribution in [0.1, 0.15) is 21.5 Å². The Labute approximate surface area is 241 Å². The van der Waals surface area contributed by atoms with Gasteiger partial charge in [-0.15, -0.1) is 0 Å². The first-order valence-electron chi connectivity index (χ1n) is 13.0. The van der Waals surface area contributed by atoms with Crippen molar-refractivity contribution in [3.05, 3.63) is 149 Å². The van der Waals surface area contributed by atoms with Gasteiger partial charge in [0.15, 0.2) is 0 Å². The van der Waals surface area contributed by atoms with E-state index in [1.807, 2.05) is 106 Å². The topological polar surface area (TPSA) is 86.6 Å². The molecular weight excluding hydrogens is 530 g/mol. The maximum Gasteiger partial charge on any atom is 0.255 e. The van der Waals surface area contributed by atoms with Gasteiger partial charge in [-0.2, -0.15) is 5.26 Å². The number of hydrogen-bond acceptors (Lipinski definition) is 3. The molecule has 6 aromatic rings. The predicted octanol–water partition coefficient (Wildman–Crippen LogP) is 7.40. The summed E-state index contributed by atoms with van der Waals surface area (Å²) >= 11 is 6.45. The average molecular weight is 554 g/mol. The second-order valence-electron chi connectivity index (χ2n) is 9.56. The van der Waals surface area contributed by atoms with Crippen LogP contribution in [-0.4, -0.2) is 15.0 Å². The normalized spacial score (nSPS) is 10.8. The molecule has 5 aromatic carbocycles. The Balaban J connectivity index is 1.34. The molecular formula is C34H24ClN5O. The number of para-hydroxylation sites is 3. The van der Waals surface area contributed by atoms with E-state index in [1.165, 1.54) is 0 Å². The molecule has 0 aliphatic heterocycles. The van der Waals surface area contributed by atoms with E-state index >= 15 is 0 Å². The van der Waals surface area contributed by atoms with Gasteiger partial charge in [0.2, 0.25) is 5.62 Å². The third-order valence-electron chi connectivity index (χ3n) is 7.03. The van der Waals surface area contributed by atoms with Crippen LogP contribution in [0.25, 0.3) is 27.8 Å². The Bertz CT molecular complexity index is 2010. The zero-order chi connectivity index (χ0) is 28.3. The van der Waals surface area contributed by atoms with Crippen LogP contribution in [0.5, 0.6) is 0 Å². The third-order valence-corrected chi connectivity index (χ3v) is 7.40. The van der Waals surface area contributed by atoms with Gasteiger partial charge >= 0.3 is 0 Å². The Morgan fingerprint density at radius 3 is 2.32 bits per heavy atom.